The van der Waals surface area contributed by atoms with Gasteiger partial charge < -0.3 is 10.1 Å². The Morgan fingerprint density at radius 1 is 1.67 bits per heavy atom. The van der Waals surface area contributed by atoms with Gasteiger partial charge in [-0.2, -0.15) is 0 Å². The molecule has 1 N–H and O–H groups in total. The quantitative estimate of drug-likeness (QED) is 0.928. The van der Waals surface area contributed by atoms with Gasteiger partial charge in [0.15, 0.2) is 0 Å². The van der Waals surface area contributed by atoms with Crippen molar-refractivity contribution in [3.63, 3.8) is 0 Å². The zero-order valence-corrected chi connectivity index (χ0v) is 10.6. The summed E-state index contributed by atoms with van der Waals surface area (Å²) in [6.07, 6.45) is 2.36. The van der Waals surface area contributed by atoms with Crippen LogP contribution in [0.1, 0.15) is 22.5 Å². The molecule has 5 heteroatoms. The zero-order valence-electron chi connectivity index (χ0n) is 8.16. The van der Waals surface area contributed by atoms with Crippen molar-refractivity contribution >= 4 is 33.2 Å². The van der Waals surface area contributed by atoms with Crippen LogP contribution in [-0.4, -0.2) is 25.2 Å². The molecule has 0 aromatic carbocycles. The van der Waals surface area contributed by atoms with Crippen molar-refractivity contribution < 1.29 is 9.53 Å². The summed E-state index contributed by atoms with van der Waals surface area (Å²) in [7, 11) is 0. The van der Waals surface area contributed by atoms with E-state index in [0.29, 0.717) is 6.54 Å². The Balaban J connectivity index is 1.81. The normalized spacial score (nSPS) is 20.5. The van der Waals surface area contributed by atoms with E-state index in [-0.39, 0.29) is 12.0 Å². The van der Waals surface area contributed by atoms with Gasteiger partial charge in [0.25, 0.3) is 5.91 Å². The first kappa shape index (κ1) is 11.1. The monoisotopic (exact) mass is 289 g/mol. The maximum Gasteiger partial charge on any atom is 0.261 e. The maximum atomic E-state index is 11.6. The molecular weight excluding hydrogens is 278 g/mol. The number of rotatable bonds is 3. The van der Waals surface area contributed by atoms with Crippen LogP contribution in [0.5, 0.6) is 0 Å². The molecule has 82 valence electrons. The van der Waals surface area contributed by atoms with Crippen LogP contribution in [0.3, 0.4) is 0 Å². The van der Waals surface area contributed by atoms with E-state index in [2.05, 4.69) is 21.2 Å². The van der Waals surface area contributed by atoms with E-state index in [1.54, 1.807) is 0 Å². The van der Waals surface area contributed by atoms with Gasteiger partial charge in [-0.3, -0.25) is 4.79 Å². The minimum absolute atomic E-state index is 0.0128. The number of carbonyl (C=O) groups is 1. The van der Waals surface area contributed by atoms with E-state index in [1.807, 2.05) is 12.1 Å². The third kappa shape index (κ3) is 3.03. The fraction of sp³-hybridized carbons (Fsp3) is 0.500. The molecule has 0 radical (unpaired) electrons. The zero-order chi connectivity index (χ0) is 10.7. The third-order valence-corrected chi connectivity index (χ3v) is 3.93. The van der Waals surface area contributed by atoms with E-state index < -0.39 is 0 Å². The minimum atomic E-state index is -0.0128. The summed E-state index contributed by atoms with van der Waals surface area (Å²) >= 11 is 4.77. The lowest BCUT2D eigenvalue weighted by molar-refractivity contribution is 0.0861. The van der Waals surface area contributed by atoms with Crippen LogP contribution in [0.2, 0.25) is 0 Å². The van der Waals surface area contributed by atoms with Crippen molar-refractivity contribution in [3.8, 4) is 0 Å². The van der Waals surface area contributed by atoms with E-state index >= 15 is 0 Å². The Morgan fingerprint density at radius 3 is 3.13 bits per heavy atom. The molecule has 1 aromatic heterocycles. The number of amides is 1. The Morgan fingerprint density at radius 2 is 2.53 bits per heavy atom. The molecule has 2 heterocycles. The molecule has 1 aromatic rings. The van der Waals surface area contributed by atoms with Gasteiger partial charge in [-0.15, -0.1) is 11.3 Å². The highest BCUT2D eigenvalue weighted by Crippen LogP contribution is 2.21. The summed E-state index contributed by atoms with van der Waals surface area (Å²) in [6.45, 7) is 1.44. The maximum absolute atomic E-state index is 11.6. The standard InChI is InChI=1S/C10H12BrNO2S/c11-9-4-3-8(15-9)10(13)12-6-7-2-1-5-14-7/h3-4,7H,1-2,5-6H2,(H,12,13)/t7-/m0/s1. The van der Waals surface area contributed by atoms with Gasteiger partial charge in [0.2, 0.25) is 0 Å². The third-order valence-electron chi connectivity index (χ3n) is 2.31. The predicted molar refractivity (Wildman–Crippen MR) is 63.3 cm³/mol. The molecule has 1 atom stereocenters. The molecule has 0 spiro atoms. The van der Waals surface area contributed by atoms with Gasteiger partial charge in [-0.1, -0.05) is 0 Å². The highest BCUT2D eigenvalue weighted by atomic mass is 79.9. The van der Waals surface area contributed by atoms with Crippen molar-refractivity contribution in [1.82, 2.24) is 5.32 Å². The summed E-state index contributed by atoms with van der Waals surface area (Å²) in [5.41, 5.74) is 0. The number of thiophene rings is 1. The summed E-state index contributed by atoms with van der Waals surface area (Å²) in [6, 6.07) is 3.70. The lowest BCUT2D eigenvalue weighted by Crippen LogP contribution is -2.31. The first-order chi connectivity index (χ1) is 7.25. The number of ether oxygens (including phenoxy) is 1. The predicted octanol–water partition coefficient (Wildman–Crippen LogP) is 2.42. The average molecular weight is 290 g/mol. The smallest absolute Gasteiger partial charge is 0.261 e. The SMILES string of the molecule is O=C(NC[C@@H]1CCCO1)c1ccc(Br)s1. The van der Waals surface area contributed by atoms with Crippen LogP contribution in [0.4, 0.5) is 0 Å². The molecule has 1 aliphatic rings. The molecule has 1 fully saturated rings. The van der Waals surface area contributed by atoms with E-state index in [0.717, 1.165) is 28.1 Å². The van der Waals surface area contributed by atoms with Crippen LogP contribution in [0.25, 0.3) is 0 Å². The van der Waals surface area contributed by atoms with Crippen molar-refractivity contribution in [1.29, 1.82) is 0 Å². The van der Waals surface area contributed by atoms with E-state index in [1.165, 1.54) is 11.3 Å². The second-order valence-electron chi connectivity index (χ2n) is 3.45. The van der Waals surface area contributed by atoms with Gasteiger partial charge in [-0.05, 0) is 40.9 Å². The van der Waals surface area contributed by atoms with E-state index in [9.17, 15) is 4.79 Å². The molecule has 1 amide bonds. The fourth-order valence-corrected chi connectivity index (χ4v) is 2.84. The van der Waals surface area contributed by atoms with Crippen molar-refractivity contribution in [3.05, 3.63) is 20.8 Å². The Kier molecular flexibility index (Phi) is 3.77. The average Bonchev–Trinajstić information content (AvgIpc) is 2.84. The summed E-state index contributed by atoms with van der Waals surface area (Å²) in [5, 5.41) is 2.88. The number of hydrogen-bond acceptors (Lipinski definition) is 3. The van der Waals surface area contributed by atoms with Gasteiger partial charge in [0.1, 0.15) is 0 Å². The van der Waals surface area contributed by atoms with Crippen LogP contribution < -0.4 is 5.32 Å². The van der Waals surface area contributed by atoms with Crippen LogP contribution in [0.15, 0.2) is 15.9 Å². The number of nitrogens with one attached hydrogen (secondary N) is 1. The first-order valence-electron chi connectivity index (χ1n) is 4.91. The lowest BCUT2D eigenvalue weighted by atomic mass is 10.2. The van der Waals surface area contributed by atoms with Crippen molar-refractivity contribution in [2.45, 2.75) is 18.9 Å². The second-order valence-corrected chi connectivity index (χ2v) is 5.91. The molecule has 2 rings (SSSR count). The Labute approximate surface area is 101 Å². The molecular formula is C10H12BrNO2S. The first-order valence-corrected chi connectivity index (χ1v) is 6.52. The Hall–Kier alpha value is -0.390. The van der Waals surface area contributed by atoms with Crippen LogP contribution in [0, 0.1) is 0 Å². The molecule has 0 bridgehead atoms. The summed E-state index contributed by atoms with van der Waals surface area (Å²) < 4.78 is 6.40. The van der Waals surface area contributed by atoms with Crippen molar-refractivity contribution in [2.75, 3.05) is 13.2 Å². The largest absolute Gasteiger partial charge is 0.376 e. The van der Waals surface area contributed by atoms with Gasteiger partial charge in [0.05, 0.1) is 14.8 Å². The highest BCUT2D eigenvalue weighted by molar-refractivity contribution is 9.11. The summed E-state index contributed by atoms with van der Waals surface area (Å²) in [4.78, 5) is 12.4. The molecule has 0 unspecified atom stereocenters. The van der Waals surface area contributed by atoms with Gasteiger partial charge >= 0.3 is 0 Å². The van der Waals surface area contributed by atoms with Gasteiger partial charge in [-0.25, -0.2) is 0 Å². The molecule has 0 aliphatic carbocycles. The van der Waals surface area contributed by atoms with Crippen LogP contribution >= 0.6 is 27.3 Å². The number of halogens is 1. The molecule has 3 nitrogen and oxygen atoms in total. The molecule has 15 heavy (non-hydrogen) atoms. The van der Waals surface area contributed by atoms with Crippen LogP contribution in [-0.2, 0) is 4.74 Å². The minimum Gasteiger partial charge on any atom is -0.376 e. The van der Waals surface area contributed by atoms with Gasteiger partial charge in [0, 0.05) is 13.2 Å². The molecule has 1 aliphatic heterocycles. The second kappa shape index (κ2) is 5.09. The van der Waals surface area contributed by atoms with E-state index in [4.69, 9.17) is 4.74 Å². The number of carbonyl (C=O) groups excluding carboxylic acids is 1. The highest BCUT2D eigenvalue weighted by Gasteiger charge is 2.17. The molecule has 0 saturated carbocycles. The Bertz CT molecular complexity index is 347. The number of hydrogen-bond donors (Lipinski definition) is 1. The topological polar surface area (TPSA) is 38.3 Å². The summed E-state index contributed by atoms with van der Waals surface area (Å²) in [5.74, 6) is -0.0128. The lowest BCUT2D eigenvalue weighted by Gasteiger charge is -2.09. The van der Waals surface area contributed by atoms with Crippen molar-refractivity contribution in [2.24, 2.45) is 0 Å². The fourth-order valence-electron chi connectivity index (χ4n) is 1.54. The molecule has 1 saturated heterocycles.